The second-order valence-corrected chi connectivity index (χ2v) is 3.90. The fourth-order valence-electron chi connectivity index (χ4n) is 1.75. The molecular formula is C13H13NO4. The average Bonchev–Trinajstić information content (AvgIpc) is 2.26. The lowest BCUT2D eigenvalue weighted by molar-refractivity contribution is -0.200. The van der Waals surface area contributed by atoms with Gasteiger partial charge in [-0.05, 0) is 17.7 Å². The predicted molar refractivity (Wildman–Crippen MR) is 65.4 cm³/mol. The van der Waals surface area contributed by atoms with Crippen LogP contribution in [-0.2, 0) is 19.1 Å². The van der Waals surface area contributed by atoms with Gasteiger partial charge in [-0.15, -0.1) is 0 Å². The van der Waals surface area contributed by atoms with Crippen LogP contribution in [0.5, 0.6) is 0 Å². The number of benzene rings is 1. The number of carbonyl (C=O) groups is 2. The Kier molecular flexibility index (Phi) is 3.06. The van der Waals surface area contributed by atoms with Gasteiger partial charge in [0.05, 0.1) is 0 Å². The van der Waals surface area contributed by atoms with E-state index in [-0.39, 0.29) is 0 Å². The summed E-state index contributed by atoms with van der Waals surface area (Å²) >= 11 is 0. The van der Waals surface area contributed by atoms with Gasteiger partial charge in [-0.3, -0.25) is 9.59 Å². The first-order chi connectivity index (χ1) is 8.51. The Balaban J connectivity index is 2.34. The molecular weight excluding hydrogens is 234 g/mol. The molecule has 2 rings (SSSR count). The molecule has 18 heavy (non-hydrogen) atoms. The number of fused-ring (bicyclic) bond motifs is 1. The van der Waals surface area contributed by atoms with Crippen LogP contribution in [0.4, 0.5) is 5.69 Å². The molecule has 1 aliphatic rings. The summed E-state index contributed by atoms with van der Waals surface area (Å²) in [6.45, 7) is 2.50. The molecule has 1 aromatic carbocycles. The number of anilines is 1. The quantitative estimate of drug-likeness (QED) is 0.638. The molecule has 0 saturated carbocycles. The van der Waals surface area contributed by atoms with Gasteiger partial charge in [0.2, 0.25) is 0 Å². The molecule has 1 aromatic rings. The molecule has 0 aromatic heterocycles. The number of hydrogen-bond acceptors (Lipinski definition) is 5. The smallest absolute Gasteiger partial charge is 0.362 e. The fraction of sp³-hybridized carbons (Fsp3) is 0.231. The molecule has 1 N–H and O–H groups in total. The highest BCUT2D eigenvalue weighted by molar-refractivity contribution is 5.75. The number of carbonyl (C=O) groups excluding carboxylic acids is 2. The minimum absolute atomic E-state index is 0.548. The number of ether oxygens (including phenoxy) is 2. The Hall–Kier alpha value is -2.30. The van der Waals surface area contributed by atoms with E-state index in [2.05, 4.69) is 5.32 Å². The van der Waals surface area contributed by atoms with Gasteiger partial charge in [0.1, 0.15) is 0 Å². The van der Waals surface area contributed by atoms with Crippen molar-refractivity contribution in [1.82, 2.24) is 0 Å². The van der Waals surface area contributed by atoms with Crippen LogP contribution < -0.4 is 5.32 Å². The van der Waals surface area contributed by atoms with Crippen LogP contribution >= 0.6 is 0 Å². The minimum Gasteiger partial charge on any atom is -0.400 e. The van der Waals surface area contributed by atoms with Gasteiger partial charge in [0, 0.05) is 25.6 Å². The lowest BCUT2D eigenvalue weighted by Gasteiger charge is -2.33. The lowest BCUT2D eigenvalue weighted by Crippen LogP contribution is -2.46. The van der Waals surface area contributed by atoms with E-state index in [1.165, 1.54) is 19.9 Å². The predicted octanol–water partition coefficient (Wildman–Crippen LogP) is 1.91. The Morgan fingerprint density at radius 2 is 1.72 bits per heavy atom. The Morgan fingerprint density at radius 1 is 1.11 bits per heavy atom. The highest BCUT2D eigenvalue weighted by Crippen LogP contribution is 2.30. The first kappa shape index (κ1) is 12.2. The van der Waals surface area contributed by atoms with Crippen molar-refractivity contribution >= 4 is 23.7 Å². The number of esters is 2. The van der Waals surface area contributed by atoms with E-state index in [0.717, 1.165) is 11.3 Å². The third-order valence-electron chi connectivity index (χ3n) is 2.34. The SMILES string of the molecule is CC(=O)OC1(OC(C)=O)C=Cc2ccccc2N1. The van der Waals surface area contributed by atoms with Crippen molar-refractivity contribution < 1.29 is 19.1 Å². The molecule has 5 nitrogen and oxygen atoms in total. The molecule has 0 saturated heterocycles. The zero-order chi connectivity index (χ0) is 13.2. The van der Waals surface area contributed by atoms with E-state index >= 15 is 0 Å². The standard InChI is InChI=1S/C13H13NO4/c1-9(15)17-13(18-10(2)16)8-7-11-5-3-4-6-12(11)14-13/h3-8,14H,1-2H3. The van der Waals surface area contributed by atoms with Crippen LogP contribution in [0, 0.1) is 0 Å². The topological polar surface area (TPSA) is 64.6 Å². The lowest BCUT2D eigenvalue weighted by atomic mass is 10.1. The molecule has 94 valence electrons. The Labute approximate surface area is 104 Å². The van der Waals surface area contributed by atoms with Crippen molar-refractivity contribution in [3.05, 3.63) is 35.9 Å². The van der Waals surface area contributed by atoms with Crippen molar-refractivity contribution in [1.29, 1.82) is 0 Å². The summed E-state index contributed by atoms with van der Waals surface area (Å²) < 4.78 is 10.1. The monoisotopic (exact) mass is 247 g/mol. The largest absolute Gasteiger partial charge is 0.400 e. The normalized spacial score (nSPS) is 15.2. The van der Waals surface area contributed by atoms with Gasteiger partial charge < -0.3 is 14.8 Å². The summed E-state index contributed by atoms with van der Waals surface area (Å²) in [6.07, 6.45) is 3.23. The van der Waals surface area contributed by atoms with Crippen LogP contribution in [-0.4, -0.2) is 17.8 Å². The van der Waals surface area contributed by atoms with E-state index in [1.54, 1.807) is 12.1 Å². The maximum atomic E-state index is 11.1. The summed E-state index contributed by atoms with van der Waals surface area (Å²) in [5.41, 5.74) is 1.65. The average molecular weight is 247 g/mol. The highest BCUT2D eigenvalue weighted by atomic mass is 16.7. The molecule has 5 heteroatoms. The molecule has 1 aliphatic heterocycles. The van der Waals surface area contributed by atoms with Crippen LogP contribution in [0.1, 0.15) is 19.4 Å². The van der Waals surface area contributed by atoms with Crippen molar-refractivity contribution in [3.8, 4) is 0 Å². The van der Waals surface area contributed by atoms with Crippen molar-refractivity contribution in [2.75, 3.05) is 5.32 Å². The minimum atomic E-state index is -1.56. The van der Waals surface area contributed by atoms with Gasteiger partial charge in [-0.25, -0.2) is 0 Å². The van der Waals surface area contributed by atoms with Crippen LogP contribution in [0.2, 0.25) is 0 Å². The number of hydrogen-bond donors (Lipinski definition) is 1. The molecule has 0 spiro atoms. The van der Waals surface area contributed by atoms with Crippen molar-refractivity contribution in [2.45, 2.75) is 19.8 Å². The van der Waals surface area contributed by atoms with E-state index in [4.69, 9.17) is 9.47 Å². The van der Waals surface area contributed by atoms with E-state index in [9.17, 15) is 9.59 Å². The maximum Gasteiger partial charge on any atom is 0.362 e. The first-order valence-corrected chi connectivity index (χ1v) is 5.46. The summed E-state index contributed by atoms with van der Waals surface area (Å²) in [4.78, 5) is 22.2. The Morgan fingerprint density at radius 3 is 2.33 bits per heavy atom. The second-order valence-electron chi connectivity index (χ2n) is 3.90. The molecule has 0 atom stereocenters. The van der Waals surface area contributed by atoms with Gasteiger partial charge in [-0.1, -0.05) is 18.2 Å². The number of nitrogens with one attached hydrogen (secondary N) is 1. The van der Waals surface area contributed by atoms with Crippen LogP contribution in [0.15, 0.2) is 30.3 Å². The second kappa shape index (κ2) is 4.52. The van der Waals surface area contributed by atoms with Gasteiger partial charge in [0.15, 0.2) is 0 Å². The van der Waals surface area contributed by atoms with Gasteiger partial charge in [0.25, 0.3) is 0 Å². The fourth-order valence-corrected chi connectivity index (χ4v) is 1.75. The molecule has 0 aliphatic carbocycles. The molecule has 1 heterocycles. The summed E-state index contributed by atoms with van der Waals surface area (Å²) in [6, 6.07) is 7.41. The Bertz CT molecular complexity index is 505. The third kappa shape index (κ3) is 2.51. The molecule has 0 amide bonds. The zero-order valence-electron chi connectivity index (χ0n) is 10.1. The molecule has 0 fully saturated rings. The van der Waals surface area contributed by atoms with Gasteiger partial charge >= 0.3 is 17.8 Å². The number of rotatable bonds is 2. The molecule has 0 radical (unpaired) electrons. The summed E-state index contributed by atoms with van der Waals surface area (Å²) in [5.74, 6) is -2.66. The van der Waals surface area contributed by atoms with E-state index in [1.807, 2.05) is 18.2 Å². The van der Waals surface area contributed by atoms with Gasteiger partial charge in [-0.2, -0.15) is 0 Å². The van der Waals surface area contributed by atoms with Crippen molar-refractivity contribution in [2.24, 2.45) is 0 Å². The zero-order valence-corrected chi connectivity index (χ0v) is 10.1. The first-order valence-electron chi connectivity index (χ1n) is 5.46. The third-order valence-corrected chi connectivity index (χ3v) is 2.34. The maximum absolute atomic E-state index is 11.1. The summed E-state index contributed by atoms with van der Waals surface area (Å²) in [7, 11) is 0. The van der Waals surface area contributed by atoms with E-state index in [0.29, 0.717) is 0 Å². The summed E-state index contributed by atoms with van der Waals surface area (Å²) in [5, 5.41) is 2.90. The number of para-hydroxylation sites is 1. The van der Waals surface area contributed by atoms with Crippen molar-refractivity contribution in [3.63, 3.8) is 0 Å². The molecule has 0 unspecified atom stereocenters. The highest BCUT2D eigenvalue weighted by Gasteiger charge is 2.37. The van der Waals surface area contributed by atoms with Crippen LogP contribution in [0.25, 0.3) is 6.08 Å². The van der Waals surface area contributed by atoms with Crippen LogP contribution in [0.3, 0.4) is 0 Å². The molecule has 0 bridgehead atoms. The van der Waals surface area contributed by atoms with E-state index < -0.39 is 17.8 Å².